The highest BCUT2D eigenvalue weighted by molar-refractivity contribution is 7.13. The second-order valence-corrected chi connectivity index (χ2v) is 7.41. The summed E-state index contributed by atoms with van der Waals surface area (Å²) in [5.74, 6) is -1.92. The van der Waals surface area contributed by atoms with Crippen LogP contribution in [0, 0.1) is 5.82 Å². The van der Waals surface area contributed by atoms with E-state index in [0.717, 1.165) is 5.56 Å². The number of benzene rings is 2. The maximum absolute atomic E-state index is 13.8. The summed E-state index contributed by atoms with van der Waals surface area (Å²) in [5, 5.41) is 5.64. The van der Waals surface area contributed by atoms with Crippen molar-refractivity contribution >= 4 is 50.7 Å². The van der Waals surface area contributed by atoms with Gasteiger partial charge in [-0.05, 0) is 35.9 Å². The molecule has 0 spiro atoms. The normalized spacial score (nSPS) is 10.9. The van der Waals surface area contributed by atoms with Crippen LogP contribution in [-0.4, -0.2) is 21.2 Å². The van der Waals surface area contributed by atoms with Crippen molar-refractivity contribution in [1.29, 1.82) is 0 Å². The molecule has 0 bridgehead atoms. The zero-order chi connectivity index (χ0) is 19.7. The molecule has 0 aliphatic carbocycles. The molecule has 1 amide bonds. The molecule has 8 heteroatoms. The summed E-state index contributed by atoms with van der Waals surface area (Å²) in [5.41, 5.74) is 1.66. The minimum absolute atomic E-state index is 0.206. The highest BCUT2D eigenvalue weighted by Crippen LogP contribution is 2.25. The average Bonchev–Trinajstić information content (AvgIpc) is 3.31. The Morgan fingerprint density at radius 2 is 1.96 bits per heavy atom. The van der Waals surface area contributed by atoms with E-state index in [1.165, 1.54) is 35.7 Å². The zero-order valence-corrected chi connectivity index (χ0v) is 15.9. The Kier molecular flexibility index (Phi) is 4.93. The summed E-state index contributed by atoms with van der Waals surface area (Å²) < 4.78 is 15.6. The van der Waals surface area contributed by atoms with Gasteiger partial charge in [0.2, 0.25) is 0 Å². The molecule has 1 N–H and O–H groups in total. The van der Waals surface area contributed by atoms with Gasteiger partial charge >= 0.3 is 0 Å². The number of amides is 1. The first-order valence-corrected chi connectivity index (χ1v) is 9.55. The molecule has 4 aromatic rings. The summed E-state index contributed by atoms with van der Waals surface area (Å²) in [4.78, 5) is 29.0. The van der Waals surface area contributed by atoms with Crippen LogP contribution in [0.3, 0.4) is 0 Å². The number of nitrogens with one attached hydrogen (secondary N) is 1. The van der Waals surface area contributed by atoms with Crippen LogP contribution in [0.1, 0.15) is 15.9 Å². The molecule has 140 valence electrons. The Hall–Kier alpha value is -3.03. The number of aromatic nitrogens is 2. The Balaban J connectivity index is 1.71. The largest absolute Gasteiger partial charge is 0.342 e. The third-order valence-corrected chi connectivity index (χ3v) is 5.15. The highest BCUT2D eigenvalue weighted by atomic mass is 35.5. The third-order valence-electron chi connectivity index (χ3n) is 4.21. The Labute approximate surface area is 168 Å². The van der Waals surface area contributed by atoms with Crippen LogP contribution >= 0.6 is 22.9 Å². The molecule has 0 atom stereocenters. The zero-order valence-electron chi connectivity index (χ0n) is 14.4. The lowest BCUT2D eigenvalue weighted by molar-refractivity contribution is -0.112. The first-order chi connectivity index (χ1) is 13.5. The molecular formula is C20H13ClFN3O2S. The first kappa shape index (κ1) is 18.3. The minimum atomic E-state index is -0.787. The van der Waals surface area contributed by atoms with Gasteiger partial charge in [0.1, 0.15) is 5.82 Å². The lowest BCUT2D eigenvalue weighted by atomic mass is 10.1. The predicted octanol–water partition coefficient (Wildman–Crippen LogP) is 4.76. The van der Waals surface area contributed by atoms with E-state index in [9.17, 15) is 14.0 Å². The van der Waals surface area contributed by atoms with Crippen LogP contribution in [0.5, 0.6) is 0 Å². The number of halogens is 2. The maximum atomic E-state index is 13.8. The van der Waals surface area contributed by atoms with Gasteiger partial charge in [0, 0.05) is 34.7 Å². The predicted molar refractivity (Wildman–Crippen MR) is 108 cm³/mol. The van der Waals surface area contributed by atoms with Crippen LogP contribution in [0.4, 0.5) is 9.52 Å². The number of fused-ring (bicyclic) bond motifs is 1. The van der Waals surface area contributed by atoms with Crippen molar-refractivity contribution in [2.75, 3.05) is 5.32 Å². The highest BCUT2D eigenvalue weighted by Gasteiger charge is 2.22. The minimum Gasteiger partial charge on any atom is -0.342 e. The van der Waals surface area contributed by atoms with E-state index in [-0.39, 0.29) is 5.56 Å². The van der Waals surface area contributed by atoms with E-state index in [1.54, 1.807) is 28.3 Å². The number of nitrogens with zero attached hydrogens (tertiary/aromatic N) is 2. The van der Waals surface area contributed by atoms with E-state index in [0.29, 0.717) is 27.6 Å². The molecule has 28 heavy (non-hydrogen) atoms. The molecule has 5 nitrogen and oxygen atoms in total. The molecule has 4 rings (SSSR count). The molecule has 0 aliphatic rings. The molecule has 2 heterocycles. The second kappa shape index (κ2) is 7.53. The maximum Gasteiger partial charge on any atom is 0.298 e. The van der Waals surface area contributed by atoms with Crippen molar-refractivity contribution in [1.82, 2.24) is 9.55 Å². The van der Waals surface area contributed by atoms with Crippen molar-refractivity contribution < 1.29 is 14.0 Å². The monoisotopic (exact) mass is 413 g/mol. The molecule has 0 saturated heterocycles. The van der Waals surface area contributed by atoms with Crippen LogP contribution < -0.4 is 5.32 Å². The van der Waals surface area contributed by atoms with E-state index >= 15 is 0 Å². The van der Waals surface area contributed by atoms with Crippen molar-refractivity contribution in [2.24, 2.45) is 0 Å². The van der Waals surface area contributed by atoms with Crippen LogP contribution in [-0.2, 0) is 11.3 Å². The lowest BCUT2D eigenvalue weighted by Crippen LogP contribution is -2.22. The molecule has 0 radical (unpaired) electrons. The van der Waals surface area contributed by atoms with E-state index < -0.39 is 17.5 Å². The molecule has 0 aliphatic heterocycles. The summed E-state index contributed by atoms with van der Waals surface area (Å²) >= 11 is 7.14. The van der Waals surface area contributed by atoms with E-state index in [2.05, 4.69) is 10.3 Å². The van der Waals surface area contributed by atoms with Crippen molar-refractivity contribution in [3.63, 3.8) is 0 Å². The molecule has 0 unspecified atom stereocenters. The average molecular weight is 414 g/mol. The second-order valence-electron chi connectivity index (χ2n) is 6.08. The molecule has 2 aromatic heterocycles. The third kappa shape index (κ3) is 3.67. The topological polar surface area (TPSA) is 64.0 Å². The Morgan fingerprint density at radius 1 is 1.18 bits per heavy atom. The number of carbonyl (C=O) groups is 2. The smallest absolute Gasteiger partial charge is 0.298 e. The van der Waals surface area contributed by atoms with Crippen LogP contribution in [0.15, 0.2) is 60.2 Å². The van der Waals surface area contributed by atoms with Crippen LogP contribution in [0.25, 0.3) is 10.9 Å². The van der Waals surface area contributed by atoms with Crippen molar-refractivity contribution in [3.05, 3.63) is 82.2 Å². The number of hydrogen-bond donors (Lipinski definition) is 1. The quantitative estimate of drug-likeness (QED) is 0.379. The number of thiazole rings is 1. The van der Waals surface area contributed by atoms with Gasteiger partial charge in [-0.1, -0.05) is 23.7 Å². The summed E-state index contributed by atoms with van der Waals surface area (Å²) in [7, 11) is 0. The van der Waals surface area contributed by atoms with Gasteiger partial charge in [-0.15, -0.1) is 11.3 Å². The molecule has 0 fully saturated rings. The summed E-state index contributed by atoms with van der Waals surface area (Å²) in [6.07, 6.45) is 3.11. The number of rotatable bonds is 5. The molecule has 0 saturated carbocycles. The molecule has 2 aromatic carbocycles. The van der Waals surface area contributed by atoms with Gasteiger partial charge in [0.25, 0.3) is 11.7 Å². The Bertz CT molecular complexity index is 1170. The summed E-state index contributed by atoms with van der Waals surface area (Å²) in [6.45, 7) is 0.401. The fourth-order valence-corrected chi connectivity index (χ4v) is 3.57. The fraction of sp³-hybridized carbons (Fsp3) is 0.0500. The van der Waals surface area contributed by atoms with Crippen LogP contribution in [0.2, 0.25) is 5.02 Å². The lowest BCUT2D eigenvalue weighted by Gasteiger charge is -2.06. The van der Waals surface area contributed by atoms with Crippen molar-refractivity contribution in [2.45, 2.75) is 6.54 Å². The first-order valence-electron chi connectivity index (χ1n) is 8.29. The van der Waals surface area contributed by atoms with Gasteiger partial charge < -0.3 is 4.57 Å². The van der Waals surface area contributed by atoms with E-state index in [1.807, 2.05) is 12.1 Å². The number of ketones is 1. The number of anilines is 1. The fourth-order valence-electron chi connectivity index (χ4n) is 2.92. The molecular weight excluding hydrogens is 401 g/mol. The van der Waals surface area contributed by atoms with Gasteiger partial charge in [0.15, 0.2) is 5.13 Å². The van der Waals surface area contributed by atoms with Gasteiger partial charge in [-0.25, -0.2) is 9.37 Å². The summed E-state index contributed by atoms with van der Waals surface area (Å²) in [6, 6.07) is 11.3. The van der Waals surface area contributed by atoms with E-state index in [4.69, 9.17) is 11.6 Å². The van der Waals surface area contributed by atoms with Gasteiger partial charge in [-0.2, -0.15) is 0 Å². The number of hydrogen-bond acceptors (Lipinski definition) is 4. The number of Topliss-reactive ketones (excluding diaryl/α,β-unsaturated/α-hetero) is 1. The Morgan fingerprint density at radius 3 is 2.68 bits per heavy atom. The number of carbonyl (C=O) groups excluding carboxylic acids is 2. The van der Waals surface area contributed by atoms with Crippen molar-refractivity contribution in [3.8, 4) is 0 Å². The standard InChI is InChI=1S/C20H13ClFN3O2S/c21-13-3-1-12(2-4-13)10-25-11-16(15-6-5-14(22)9-17(15)25)18(26)19(27)24-20-23-7-8-28-20/h1-9,11H,10H2,(H,23,24,27). The SMILES string of the molecule is O=C(Nc1nccs1)C(=O)c1cn(Cc2ccc(Cl)cc2)c2cc(F)ccc12. The van der Waals surface area contributed by atoms with Gasteiger partial charge in [0.05, 0.1) is 11.1 Å². The van der Waals surface area contributed by atoms with Gasteiger partial charge in [-0.3, -0.25) is 14.9 Å².